The molecule has 0 N–H and O–H groups in total. The molecular weight excluding hydrogens is 403 g/mol. The molecule has 0 saturated carbocycles. The van der Waals surface area contributed by atoms with E-state index in [1.165, 1.54) is 15.9 Å². The van der Waals surface area contributed by atoms with Crippen molar-refractivity contribution in [3.05, 3.63) is 53.2 Å². The smallest absolute Gasteiger partial charge is 0.355 e. The van der Waals surface area contributed by atoms with E-state index >= 15 is 0 Å². The molecule has 2 aliphatic rings. The first kappa shape index (κ1) is 20.2. The van der Waals surface area contributed by atoms with Crippen LogP contribution in [0, 0.1) is 0 Å². The summed E-state index contributed by atoms with van der Waals surface area (Å²) in [7, 11) is -3.60. The molecule has 1 aromatic heterocycles. The number of pyridine rings is 1. The van der Waals surface area contributed by atoms with Crippen LogP contribution < -0.4 is 4.90 Å². The van der Waals surface area contributed by atoms with Gasteiger partial charge in [0.05, 0.1) is 10.5 Å². The average Bonchev–Trinajstić information content (AvgIpc) is 3.01. The zero-order valence-corrected chi connectivity index (χ0v) is 16.6. The summed E-state index contributed by atoms with van der Waals surface area (Å²) in [6.07, 6.45) is -0.0740. The summed E-state index contributed by atoms with van der Waals surface area (Å²) in [5.74, 6) is 0.426. The lowest BCUT2D eigenvalue weighted by atomic mass is 10.1. The Morgan fingerprint density at radius 1 is 0.897 bits per heavy atom. The highest BCUT2D eigenvalue weighted by molar-refractivity contribution is 7.89. The number of halogens is 3. The third-order valence-electron chi connectivity index (χ3n) is 5.56. The van der Waals surface area contributed by atoms with Crippen molar-refractivity contribution in [2.45, 2.75) is 36.8 Å². The number of benzene rings is 1. The number of hydrogen-bond donors (Lipinski definition) is 0. The number of hydrogen-bond acceptors (Lipinski definition) is 4. The summed E-state index contributed by atoms with van der Waals surface area (Å²) in [6, 6.07) is 7.72. The Morgan fingerprint density at radius 3 is 2.41 bits per heavy atom. The van der Waals surface area contributed by atoms with Gasteiger partial charge in [-0.25, -0.2) is 13.4 Å². The van der Waals surface area contributed by atoms with Crippen LogP contribution in [0.1, 0.15) is 29.5 Å². The first-order valence-corrected chi connectivity index (χ1v) is 11.1. The fraction of sp³-hybridized carbons (Fsp3) is 0.450. The van der Waals surface area contributed by atoms with Gasteiger partial charge in [-0.1, -0.05) is 6.07 Å². The summed E-state index contributed by atoms with van der Waals surface area (Å²) in [5, 5.41) is 0. The molecule has 0 unspecified atom stereocenters. The van der Waals surface area contributed by atoms with Crippen molar-refractivity contribution in [1.29, 1.82) is 0 Å². The van der Waals surface area contributed by atoms with E-state index in [0.717, 1.165) is 37.1 Å². The van der Waals surface area contributed by atoms with E-state index in [0.29, 0.717) is 36.8 Å². The largest absolute Gasteiger partial charge is 0.417 e. The second-order valence-corrected chi connectivity index (χ2v) is 9.37. The number of aromatic nitrogens is 1. The third kappa shape index (κ3) is 4.11. The second-order valence-electron chi connectivity index (χ2n) is 7.43. The maximum Gasteiger partial charge on any atom is 0.417 e. The zero-order valence-electron chi connectivity index (χ0n) is 15.8. The first-order chi connectivity index (χ1) is 13.7. The second kappa shape index (κ2) is 7.60. The van der Waals surface area contributed by atoms with Crippen LogP contribution in [-0.2, 0) is 29.0 Å². The molecule has 1 aliphatic heterocycles. The van der Waals surface area contributed by atoms with Crippen molar-refractivity contribution in [1.82, 2.24) is 9.29 Å². The van der Waals surface area contributed by atoms with Gasteiger partial charge in [0.15, 0.2) is 0 Å². The van der Waals surface area contributed by atoms with Crippen LogP contribution in [0.15, 0.2) is 41.4 Å². The van der Waals surface area contributed by atoms with Gasteiger partial charge < -0.3 is 4.90 Å². The van der Waals surface area contributed by atoms with Crippen molar-refractivity contribution >= 4 is 15.8 Å². The van der Waals surface area contributed by atoms with Crippen molar-refractivity contribution in [2.24, 2.45) is 0 Å². The monoisotopic (exact) mass is 425 g/mol. The predicted molar refractivity (Wildman–Crippen MR) is 103 cm³/mol. The lowest BCUT2D eigenvalue weighted by Crippen LogP contribution is -2.35. The number of nitrogens with zero attached hydrogens (tertiary/aromatic N) is 3. The Hall–Kier alpha value is -2.13. The SMILES string of the molecule is O=S(=O)(c1ccc2c(c1)CCC2)N1CCCN(c2ccc(C(F)(F)F)cn2)CC1. The Bertz CT molecular complexity index is 991. The minimum absolute atomic E-state index is 0.266. The Kier molecular flexibility index (Phi) is 5.29. The minimum Gasteiger partial charge on any atom is -0.355 e. The number of fused-ring (bicyclic) bond motifs is 1. The van der Waals surface area contributed by atoms with Crippen molar-refractivity contribution < 1.29 is 21.6 Å². The van der Waals surface area contributed by atoms with Crippen molar-refractivity contribution in [2.75, 3.05) is 31.1 Å². The molecule has 4 rings (SSSR count). The number of aryl methyl sites for hydroxylation is 2. The van der Waals surface area contributed by atoms with Gasteiger partial charge in [-0.3, -0.25) is 0 Å². The molecule has 0 radical (unpaired) electrons. The normalized spacial score (nSPS) is 18.5. The molecule has 1 fully saturated rings. The molecule has 5 nitrogen and oxygen atoms in total. The molecule has 29 heavy (non-hydrogen) atoms. The fourth-order valence-electron chi connectivity index (χ4n) is 3.96. The topological polar surface area (TPSA) is 53.5 Å². The molecular formula is C20H22F3N3O2S. The van der Waals surface area contributed by atoms with Crippen LogP contribution >= 0.6 is 0 Å². The van der Waals surface area contributed by atoms with Gasteiger partial charge in [-0.2, -0.15) is 17.5 Å². The molecule has 0 atom stereocenters. The van der Waals surface area contributed by atoms with Crippen LogP contribution in [0.25, 0.3) is 0 Å². The van der Waals surface area contributed by atoms with E-state index < -0.39 is 21.8 Å². The highest BCUT2D eigenvalue weighted by Gasteiger charge is 2.31. The number of anilines is 1. The molecule has 0 bridgehead atoms. The molecule has 156 valence electrons. The van der Waals surface area contributed by atoms with Gasteiger partial charge in [0, 0.05) is 32.4 Å². The summed E-state index contributed by atoms with van der Waals surface area (Å²) in [4.78, 5) is 6.08. The highest BCUT2D eigenvalue weighted by Crippen LogP contribution is 2.30. The van der Waals surface area contributed by atoms with Crippen LogP contribution in [0.2, 0.25) is 0 Å². The molecule has 1 aromatic carbocycles. The van der Waals surface area contributed by atoms with Crippen molar-refractivity contribution in [3.8, 4) is 0 Å². The van der Waals surface area contributed by atoms with Crippen LogP contribution in [0.4, 0.5) is 19.0 Å². The van der Waals surface area contributed by atoms with Gasteiger partial charge in [0.1, 0.15) is 5.82 Å². The van der Waals surface area contributed by atoms with Gasteiger partial charge in [0.2, 0.25) is 10.0 Å². The molecule has 9 heteroatoms. The maximum absolute atomic E-state index is 13.1. The molecule has 0 spiro atoms. The standard InChI is InChI=1S/C20H22F3N3O2S/c21-20(22,23)17-6-8-19(24-14-17)25-9-2-10-26(12-11-25)29(27,28)18-7-5-15-3-1-4-16(15)13-18/h5-8,13-14H,1-4,9-12H2. The molecule has 2 aromatic rings. The Morgan fingerprint density at radius 2 is 1.69 bits per heavy atom. The average molecular weight is 425 g/mol. The lowest BCUT2D eigenvalue weighted by molar-refractivity contribution is -0.137. The third-order valence-corrected chi connectivity index (χ3v) is 7.46. The summed E-state index contributed by atoms with van der Waals surface area (Å²) in [5.41, 5.74) is 1.53. The quantitative estimate of drug-likeness (QED) is 0.756. The summed E-state index contributed by atoms with van der Waals surface area (Å²) < 4.78 is 65.9. The van der Waals surface area contributed by atoms with Crippen LogP contribution in [-0.4, -0.2) is 43.9 Å². The zero-order chi connectivity index (χ0) is 20.6. The van der Waals surface area contributed by atoms with E-state index in [1.807, 2.05) is 11.0 Å². The van der Waals surface area contributed by atoms with Crippen LogP contribution in [0.5, 0.6) is 0 Å². The summed E-state index contributed by atoms with van der Waals surface area (Å²) >= 11 is 0. The van der Waals surface area contributed by atoms with E-state index in [2.05, 4.69) is 4.98 Å². The Labute approximate surface area is 168 Å². The van der Waals surface area contributed by atoms with E-state index in [1.54, 1.807) is 12.1 Å². The van der Waals surface area contributed by atoms with Gasteiger partial charge in [0.25, 0.3) is 0 Å². The predicted octanol–water partition coefficient (Wildman–Crippen LogP) is 3.49. The fourth-order valence-corrected chi connectivity index (χ4v) is 5.48. The molecule has 2 heterocycles. The van der Waals surface area contributed by atoms with Gasteiger partial charge >= 0.3 is 6.18 Å². The van der Waals surface area contributed by atoms with Crippen molar-refractivity contribution in [3.63, 3.8) is 0 Å². The molecule has 0 amide bonds. The summed E-state index contributed by atoms with van der Waals surface area (Å²) in [6.45, 7) is 1.55. The maximum atomic E-state index is 13.1. The van der Waals surface area contributed by atoms with E-state index in [9.17, 15) is 21.6 Å². The number of rotatable bonds is 3. The van der Waals surface area contributed by atoms with Gasteiger partial charge in [-0.05, 0) is 61.1 Å². The number of sulfonamides is 1. The lowest BCUT2D eigenvalue weighted by Gasteiger charge is -2.23. The first-order valence-electron chi connectivity index (χ1n) is 9.65. The van der Waals surface area contributed by atoms with E-state index in [4.69, 9.17) is 0 Å². The van der Waals surface area contributed by atoms with Crippen LogP contribution in [0.3, 0.4) is 0 Å². The highest BCUT2D eigenvalue weighted by atomic mass is 32.2. The molecule has 1 aliphatic carbocycles. The minimum atomic E-state index is -4.43. The van der Waals surface area contributed by atoms with Gasteiger partial charge in [-0.15, -0.1) is 0 Å². The van der Waals surface area contributed by atoms with E-state index in [-0.39, 0.29) is 6.54 Å². The molecule has 1 saturated heterocycles. The Balaban J connectivity index is 1.48. The number of alkyl halides is 3.